The van der Waals surface area contributed by atoms with Crippen LogP contribution in [0.4, 0.5) is 0 Å². The molecule has 1 N–H and O–H groups in total. The average molecular weight is 226 g/mol. The number of carboxylic acids is 1. The molecule has 1 atom stereocenters. The molecule has 0 aliphatic heterocycles. The minimum atomic E-state index is -1.01. The zero-order valence-corrected chi connectivity index (χ0v) is 9.05. The third-order valence-corrected chi connectivity index (χ3v) is 2.65. The van der Waals surface area contributed by atoms with Gasteiger partial charge in [-0.05, 0) is 18.8 Å². The standard InChI is InChI=1S/C10H14N2O4/c1-6(7-2-3-7)10-12-11-8(16-10)4-15-5-9(13)14/h6-7H,2-5H2,1H3,(H,13,14). The van der Waals surface area contributed by atoms with Crippen molar-refractivity contribution >= 4 is 5.97 Å². The normalized spacial score (nSPS) is 17.3. The summed E-state index contributed by atoms with van der Waals surface area (Å²) in [6, 6.07) is 0. The van der Waals surface area contributed by atoms with Gasteiger partial charge in [0.15, 0.2) is 0 Å². The second-order valence-corrected chi connectivity index (χ2v) is 4.05. The van der Waals surface area contributed by atoms with Gasteiger partial charge >= 0.3 is 5.97 Å². The van der Waals surface area contributed by atoms with E-state index in [9.17, 15) is 4.79 Å². The Balaban J connectivity index is 1.84. The Hall–Kier alpha value is -1.43. The molecule has 6 nitrogen and oxygen atoms in total. The SMILES string of the molecule is CC(c1nnc(COCC(=O)O)o1)C1CC1. The van der Waals surface area contributed by atoms with Gasteiger partial charge in [0.2, 0.25) is 11.8 Å². The van der Waals surface area contributed by atoms with Crippen molar-refractivity contribution in [3.63, 3.8) is 0 Å². The maximum absolute atomic E-state index is 10.2. The van der Waals surface area contributed by atoms with Crippen molar-refractivity contribution < 1.29 is 19.1 Å². The number of hydrogen-bond donors (Lipinski definition) is 1. The Morgan fingerprint density at radius 3 is 3.00 bits per heavy atom. The summed E-state index contributed by atoms with van der Waals surface area (Å²) in [7, 11) is 0. The van der Waals surface area contributed by atoms with Crippen LogP contribution >= 0.6 is 0 Å². The van der Waals surface area contributed by atoms with Crippen LogP contribution in [0.1, 0.15) is 37.5 Å². The van der Waals surface area contributed by atoms with E-state index in [-0.39, 0.29) is 13.2 Å². The molecule has 0 saturated heterocycles. The Morgan fingerprint density at radius 1 is 1.62 bits per heavy atom. The van der Waals surface area contributed by atoms with Crippen molar-refractivity contribution in [2.24, 2.45) is 5.92 Å². The van der Waals surface area contributed by atoms with Gasteiger partial charge in [-0.15, -0.1) is 10.2 Å². The van der Waals surface area contributed by atoms with Crippen molar-refractivity contribution in [3.05, 3.63) is 11.8 Å². The molecule has 1 aliphatic carbocycles. The Kier molecular flexibility index (Phi) is 3.19. The smallest absolute Gasteiger partial charge is 0.329 e. The molecule has 0 aromatic carbocycles. The number of nitrogens with zero attached hydrogens (tertiary/aromatic N) is 2. The first-order valence-corrected chi connectivity index (χ1v) is 5.28. The quantitative estimate of drug-likeness (QED) is 0.784. The second-order valence-electron chi connectivity index (χ2n) is 4.05. The molecule has 1 heterocycles. The topological polar surface area (TPSA) is 85.5 Å². The molecule has 0 amide bonds. The summed E-state index contributed by atoms with van der Waals surface area (Å²) in [5.74, 6) is 0.903. The number of hydrogen-bond acceptors (Lipinski definition) is 5. The second kappa shape index (κ2) is 4.61. The minimum absolute atomic E-state index is 0.0523. The third-order valence-electron chi connectivity index (χ3n) is 2.65. The maximum Gasteiger partial charge on any atom is 0.329 e. The van der Waals surface area contributed by atoms with E-state index in [2.05, 4.69) is 17.1 Å². The van der Waals surface area contributed by atoms with E-state index in [1.165, 1.54) is 12.8 Å². The summed E-state index contributed by atoms with van der Waals surface area (Å²) in [6.45, 7) is 1.76. The van der Waals surface area contributed by atoms with Crippen molar-refractivity contribution in [1.29, 1.82) is 0 Å². The highest BCUT2D eigenvalue weighted by atomic mass is 16.5. The molecule has 0 radical (unpaired) electrons. The van der Waals surface area contributed by atoms with E-state index in [0.29, 0.717) is 23.6 Å². The Morgan fingerprint density at radius 2 is 2.38 bits per heavy atom. The van der Waals surface area contributed by atoms with E-state index >= 15 is 0 Å². The first kappa shape index (κ1) is 11.1. The zero-order valence-electron chi connectivity index (χ0n) is 9.05. The summed E-state index contributed by atoms with van der Waals surface area (Å²) in [5.41, 5.74) is 0. The van der Waals surface area contributed by atoms with Gasteiger partial charge in [0.25, 0.3) is 0 Å². The Labute approximate surface area is 92.6 Å². The summed E-state index contributed by atoms with van der Waals surface area (Å²) >= 11 is 0. The van der Waals surface area contributed by atoms with Crippen LogP contribution in [0.15, 0.2) is 4.42 Å². The zero-order chi connectivity index (χ0) is 11.5. The molecule has 1 aliphatic rings. The molecular weight excluding hydrogens is 212 g/mol. The predicted octanol–water partition coefficient (Wildman–Crippen LogP) is 1.18. The molecule has 1 aromatic rings. The molecular formula is C10H14N2O4. The molecule has 1 unspecified atom stereocenters. The van der Waals surface area contributed by atoms with Gasteiger partial charge in [-0.1, -0.05) is 6.92 Å². The van der Waals surface area contributed by atoms with Gasteiger partial charge in [0.05, 0.1) is 0 Å². The first-order chi connectivity index (χ1) is 7.66. The maximum atomic E-state index is 10.2. The van der Waals surface area contributed by atoms with Crippen LogP contribution in [0.5, 0.6) is 0 Å². The average Bonchev–Trinajstić information content (AvgIpc) is 2.97. The van der Waals surface area contributed by atoms with Crippen molar-refractivity contribution in [2.75, 3.05) is 6.61 Å². The lowest BCUT2D eigenvalue weighted by molar-refractivity contribution is -0.142. The lowest BCUT2D eigenvalue weighted by Gasteiger charge is -2.01. The van der Waals surface area contributed by atoms with Crippen molar-refractivity contribution in [2.45, 2.75) is 32.3 Å². The van der Waals surface area contributed by atoms with Gasteiger partial charge in [0, 0.05) is 5.92 Å². The van der Waals surface area contributed by atoms with Gasteiger partial charge in [-0.3, -0.25) is 0 Å². The summed E-state index contributed by atoms with van der Waals surface area (Å²) in [6.07, 6.45) is 2.43. The van der Waals surface area contributed by atoms with Crippen molar-refractivity contribution in [3.8, 4) is 0 Å². The fraction of sp³-hybridized carbons (Fsp3) is 0.700. The van der Waals surface area contributed by atoms with Crippen LogP contribution < -0.4 is 0 Å². The van der Waals surface area contributed by atoms with E-state index in [1.807, 2.05) is 0 Å². The van der Waals surface area contributed by atoms with E-state index in [0.717, 1.165) is 0 Å². The van der Waals surface area contributed by atoms with E-state index < -0.39 is 5.97 Å². The largest absolute Gasteiger partial charge is 0.480 e. The summed E-state index contributed by atoms with van der Waals surface area (Å²) in [4.78, 5) is 10.2. The number of ether oxygens (including phenoxy) is 1. The molecule has 2 rings (SSSR count). The van der Waals surface area contributed by atoms with Crippen LogP contribution in [-0.4, -0.2) is 27.9 Å². The molecule has 0 spiro atoms. The van der Waals surface area contributed by atoms with Crippen LogP contribution in [0.3, 0.4) is 0 Å². The lowest BCUT2D eigenvalue weighted by atomic mass is 10.1. The van der Waals surface area contributed by atoms with Gasteiger partial charge < -0.3 is 14.3 Å². The number of rotatable bonds is 6. The van der Waals surface area contributed by atoms with E-state index in [1.54, 1.807) is 0 Å². The molecule has 0 bridgehead atoms. The fourth-order valence-electron chi connectivity index (χ4n) is 1.53. The molecule has 1 fully saturated rings. The van der Waals surface area contributed by atoms with Crippen LogP contribution in [0, 0.1) is 5.92 Å². The molecule has 88 valence electrons. The highest BCUT2D eigenvalue weighted by Gasteiger charge is 2.32. The van der Waals surface area contributed by atoms with Crippen LogP contribution in [0.25, 0.3) is 0 Å². The fourth-order valence-corrected chi connectivity index (χ4v) is 1.53. The highest BCUT2D eigenvalue weighted by Crippen LogP contribution is 2.41. The number of carboxylic acid groups (broad SMARTS) is 1. The van der Waals surface area contributed by atoms with Crippen molar-refractivity contribution in [1.82, 2.24) is 10.2 Å². The minimum Gasteiger partial charge on any atom is -0.480 e. The third kappa shape index (κ3) is 2.79. The van der Waals surface area contributed by atoms with Gasteiger partial charge in [0.1, 0.15) is 13.2 Å². The van der Waals surface area contributed by atoms with E-state index in [4.69, 9.17) is 14.3 Å². The van der Waals surface area contributed by atoms with Crippen LogP contribution in [0.2, 0.25) is 0 Å². The van der Waals surface area contributed by atoms with Gasteiger partial charge in [-0.2, -0.15) is 0 Å². The first-order valence-electron chi connectivity index (χ1n) is 5.28. The number of carbonyl (C=O) groups is 1. The van der Waals surface area contributed by atoms with Gasteiger partial charge in [-0.25, -0.2) is 4.79 Å². The number of aromatic nitrogens is 2. The lowest BCUT2D eigenvalue weighted by Crippen LogP contribution is -2.06. The summed E-state index contributed by atoms with van der Waals surface area (Å²) < 4.78 is 10.2. The predicted molar refractivity (Wildman–Crippen MR) is 52.7 cm³/mol. The molecule has 6 heteroatoms. The molecule has 1 aromatic heterocycles. The molecule has 1 saturated carbocycles. The van der Waals surface area contributed by atoms with Crippen LogP contribution in [-0.2, 0) is 16.1 Å². The number of aliphatic carboxylic acids is 1. The monoisotopic (exact) mass is 226 g/mol. The highest BCUT2D eigenvalue weighted by molar-refractivity contribution is 5.67. The summed E-state index contributed by atoms with van der Waals surface area (Å²) in [5, 5.41) is 16.1. The molecule has 16 heavy (non-hydrogen) atoms. The Bertz CT molecular complexity index is 373.